The third-order valence-electron chi connectivity index (χ3n) is 1.95. The van der Waals surface area contributed by atoms with Crippen molar-refractivity contribution >= 4 is 16.5 Å². The van der Waals surface area contributed by atoms with E-state index in [9.17, 15) is 8.42 Å². The zero-order valence-electron chi connectivity index (χ0n) is 9.30. The highest BCUT2D eigenvalue weighted by atomic mass is 32.2. The zero-order valence-corrected chi connectivity index (χ0v) is 10.1. The lowest BCUT2D eigenvalue weighted by molar-refractivity contribution is 0.488. The lowest BCUT2D eigenvalue weighted by Crippen LogP contribution is -2.06. The van der Waals surface area contributed by atoms with Crippen LogP contribution >= 0.6 is 0 Å². The van der Waals surface area contributed by atoms with Crippen molar-refractivity contribution in [3.8, 4) is 5.75 Å². The van der Waals surface area contributed by atoms with Crippen molar-refractivity contribution in [3.05, 3.63) is 60.4 Å². The molecule has 0 unspecified atom stereocenters. The van der Waals surface area contributed by atoms with Gasteiger partial charge in [0.15, 0.2) is 0 Å². The maximum atomic E-state index is 11.5. The SMILES string of the molecule is O=S(=O)(/N=C/c1ccccn1)Oc1ccccc1. The fourth-order valence-corrected chi connectivity index (χ4v) is 1.82. The number of pyridine rings is 1. The average Bonchev–Trinajstić information content (AvgIpc) is 2.38. The van der Waals surface area contributed by atoms with Gasteiger partial charge in [0, 0.05) is 6.20 Å². The molecule has 1 aromatic carbocycles. The van der Waals surface area contributed by atoms with Crippen LogP contribution in [-0.2, 0) is 10.3 Å². The van der Waals surface area contributed by atoms with Gasteiger partial charge in [-0.25, -0.2) is 0 Å². The van der Waals surface area contributed by atoms with Gasteiger partial charge in [-0.2, -0.15) is 8.42 Å². The first-order chi connectivity index (χ1) is 8.66. The van der Waals surface area contributed by atoms with Crippen LogP contribution in [0.2, 0.25) is 0 Å². The fraction of sp³-hybridized carbons (Fsp3) is 0. The Kier molecular flexibility index (Phi) is 3.69. The molecule has 2 rings (SSSR count). The molecule has 0 bridgehead atoms. The van der Waals surface area contributed by atoms with Crippen LogP contribution in [0, 0.1) is 0 Å². The number of benzene rings is 1. The number of aromatic nitrogens is 1. The van der Waals surface area contributed by atoms with Gasteiger partial charge in [-0.3, -0.25) is 4.98 Å². The molecule has 92 valence electrons. The van der Waals surface area contributed by atoms with E-state index in [1.165, 1.54) is 12.1 Å². The first kappa shape index (κ1) is 12.3. The molecule has 0 saturated heterocycles. The number of para-hydroxylation sites is 1. The summed E-state index contributed by atoms with van der Waals surface area (Å²) >= 11 is 0. The summed E-state index contributed by atoms with van der Waals surface area (Å²) in [5.41, 5.74) is 0.442. The molecule has 0 aliphatic carbocycles. The largest absolute Gasteiger partial charge is 0.428 e. The Balaban J connectivity index is 2.11. The normalized spacial score (nSPS) is 11.6. The third kappa shape index (κ3) is 3.67. The average molecular weight is 262 g/mol. The number of hydrogen-bond donors (Lipinski definition) is 0. The molecule has 6 heteroatoms. The highest BCUT2D eigenvalue weighted by Gasteiger charge is 2.08. The summed E-state index contributed by atoms with van der Waals surface area (Å²) in [6, 6.07) is 13.3. The number of nitrogens with zero attached hydrogens (tertiary/aromatic N) is 2. The van der Waals surface area contributed by atoms with Crippen molar-refractivity contribution < 1.29 is 12.6 Å². The molecule has 0 radical (unpaired) electrons. The molecule has 0 aliphatic rings. The monoisotopic (exact) mass is 262 g/mol. The van der Waals surface area contributed by atoms with E-state index in [0.717, 1.165) is 6.21 Å². The minimum atomic E-state index is -4.00. The Hall–Kier alpha value is -2.21. The van der Waals surface area contributed by atoms with E-state index >= 15 is 0 Å². The van der Waals surface area contributed by atoms with Gasteiger partial charge in [0.2, 0.25) is 0 Å². The molecule has 2 aromatic rings. The Bertz CT molecular complexity index is 625. The van der Waals surface area contributed by atoms with Crippen LogP contribution in [0.25, 0.3) is 0 Å². The quantitative estimate of drug-likeness (QED) is 0.788. The smallest absolute Gasteiger partial charge is 0.366 e. The van der Waals surface area contributed by atoms with Crippen molar-refractivity contribution in [1.82, 2.24) is 4.98 Å². The van der Waals surface area contributed by atoms with Crippen LogP contribution in [0.4, 0.5) is 0 Å². The van der Waals surface area contributed by atoms with Crippen molar-refractivity contribution in [2.45, 2.75) is 0 Å². The summed E-state index contributed by atoms with van der Waals surface area (Å²) in [4.78, 5) is 3.92. The van der Waals surface area contributed by atoms with Gasteiger partial charge in [-0.15, -0.1) is 4.40 Å². The maximum absolute atomic E-state index is 11.5. The highest BCUT2D eigenvalue weighted by molar-refractivity contribution is 7.85. The lowest BCUT2D eigenvalue weighted by atomic mass is 10.3. The Morgan fingerprint density at radius 3 is 2.44 bits per heavy atom. The zero-order chi connectivity index (χ0) is 12.8. The predicted molar refractivity (Wildman–Crippen MR) is 67.8 cm³/mol. The molecule has 1 aromatic heterocycles. The second kappa shape index (κ2) is 5.42. The van der Waals surface area contributed by atoms with Gasteiger partial charge in [0.25, 0.3) is 0 Å². The minimum absolute atomic E-state index is 0.218. The summed E-state index contributed by atoms with van der Waals surface area (Å²) in [7, 11) is -4.00. The van der Waals surface area contributed by atoms with Gasteiger partial charge in [-0.05, 0) is 24.3 Å². The summed E-state index contributed by atoms with van der Waals surface area (Å²) in [6.07, 6.45) is 2.68. The van der Waals surface area contributed by atoms with Crippen LogP contribution in [0.5, 0.6) is 5.75 Å². The van der Waals surface area contributed by atoms with E-state index in [1.807, 2.05) is 0 Å². The fourth-order valence-electron chi connectivity index (χ4n) is 1.19. The molecule has 18 heavy (non-hydrogen) atoms. The summed E-state index contributed by atoms with van der Waals surface area (Å²) < 4.78 is 31.2. The van der Waals surface area contributed by atoms with E-state index in [0.29, 0.717) is 5.69 Å². The van der Waals surface area contributed by atoms with Crippen molar-refractivity contribution in [1.29, 1.82) is 0 Å². The van der Waals surface area contributed by atoms with Crippen LogP contribution in [-0.4, -0.2) is 19.6 Å². The minimum Gasteiger partial charge on any atom is -0.366 e. The van der Waals surface area contributed by atoms with Crippen LogP contribution in [0.15, 0.2) is 59.1 Å². The summed E-state index contributed by atoms with van der Waals surface area (Å²) in [6.45, 7) is 0. The second-order valence-electron chi connectivity index (χ2n) is 3.31. The molecule has 0 fully saturated rings. The summed E-state index contributed by atoms with van der Waals surface area (Å²) in [5.74, 6) is 0.218. The van der Waals surface area contributed by atoms with Gasteiger partial charge in [0.1, 0.15) is 5.75 Å². The van der Waals surface area contributed by atoms with E-state index in [1.54, 1.807) is 42.6 Å². The molecular formula is C12H10N2O3S. The molecular weight excluding hydrogens is 252 g/mol. The summed E-state index contributed by atoms with van der Waals surface area (Å²) in [5, 5.41) is 0. The Morgan fingerprint density at radius 1 is 1.06 bits per heavy atom. The molecule has 0 atom stereocenters. The molecule has 5 nitrogen and oxygen atoms in total. The standard InChI is InChI=1S/C12H10N2O3S/c15-18(16,17-12-7-2-1-3-8-12)14-10-11-6-4-5-9-13-11/h1-10H/b14-10+. The molecule has 0 amide bonds. The van der Waals surface area contributed by atoms with Gasteiger partial charge >= 0.3 is 10.3 Å². The topological polar surface area (TPSA) is 68.6 Å². The third-order valence-corrected chi connectivity index (χ3v) is 2.71. The Labute approximate surface area is 105 Å². The Morgan fingerprint density at radius 2 is 1.78 bits per heavy atom. The molecule has 0 aliphatic heterocycles. The molecule has 1 heterocycles. The highest BCUT2D eigenvalue weighted by Crippen LogP contribution is 2.12. The lowest BCUT2D eigenvalue weighted by Gasteiger charge is -2.01. The number of hydrogen-bond acceptors (Lipinski definition) is 4. The number of rotatable bonds is 4. The van der Waals surface area contributed by atoms with Gasteiger partial charge < -0.3 is 4.18 Å². The van der Waals surface area contributed by atoms with E-state index in [4.69, 9.17) is 4.18 Å². The van der Waals surface area contributed by atoms with E-state index < -0.39 is 10.3 Å². The first-order valence-electron chi connectivity index (χ1n) is 5.11. The molecule has 0 saturated carbocycles. The molecule has 0 N–H and O–H groups in total. The van der Waals surface area contributed by atoms with Crippen LogP contribution in [0.1, 0.15) is 5.69 Å². The molecule has 0 spiro atoms. The van der Waals surface area contributed by atoms with E-state index in [-0.39, 0.29) is 5.75 Å². The predicted octanol–water partition coefficient (Wildman–Crippen LogP) is 1.82. The van der Waals surface area contributed by atoms with E-state index in [2.05, 4.69) is 9.38 Å². The van der Waals surface area contributed by atoms with Crippen molar-refractivity contribution in [2.75, 3.05) is 0 Å². The van der Waals surface area contributed by atoms with Crippen molar-refractivity contribution in [2.24, 2.45) is 4.40 Å². The maximum Gasteiger partial charge on any atom is 0.428 e. The van der Waals surface area contributed by atoms with Crippen LogP contribution < -0.4 is 4.18 Å². The van der Waals surface area contributed by atoms with Gasteiger partial charge in [0.05, 0.1) is 11.9 Å². The van der Waals surface area contributed by atoms with Gasteiger partial charge in [-0.1, -0.05) is 24.3 Å². The van der Waals surface area contributed by atoms with Crippen LogP contribution in [0.3, 0.4) is 0 Å². The second-order valence-corrected chi connectivity index (χ2v) is 4.55. The first-order valence-corrected chi connectivity index (χ1v) is 6.48. The van der Waals surface area contributed by atoms with Crippen molar-refractivity contribution in [3.63, 3.8) is 0 Å².